The van der Waals surface area contributed by atoms with E-state index in [0.717, 1.165) is 18.4 Å². The summed E-state index contributed by atoms with van der Waals surface area (Å²) in [7, 11) is 1.56. The number of nitrogens with zero attached hydrogens (tertiary/aromatic N) is 1. The molecule has 1 fully saturated rings. The van der Waals surface area contributed by atoms with Crippen LogP contribution in [-0.4, -0.2) is 36.6 Å². The third-order valence-corrected chi connectivity index (χ3v) is 4.30. The Morgan fingerprint density at radius 3 is 2.68 bits per heavy atom. The van der Waals surface area contributed by atoms with Crippen LogP contribution in [0.2, 0.25) is 0 Å². The molecule has 1 aliphatic carbocycles. The van der Waals surface area contributed by atoms with E-state index in [1.165, 1.54) is 19.3 Å². The van der Waals surface area contributed by atoms with Crippen molar-refractivity contribution in [2.75, 3.05) is 13.7 Å². The number of methoxy groups -OCH3 is 1. The van der Waals surface area contributed by atoms with Crippen LogP contribution in [0.25, 0.3) is 0 Å². The maximum atomic E-state index is 11.8. The number of urea groups is 1. The Balaban J connectivity index is 1.53. The number of amides is 3. The van der Waals surface area contributed by atoms with E-state index >= 15 is 0 Å². The summed E-state index contributed by atoms with van der Waals surface area (Å²) in [6.45, 7) is 0.932. The topological polar surface area (TPSA) is 92.4 Å². The van der Waals surface area contributed by atoms with Crippen LogP contribution >= 0.6 is 0 Å². The Labute approximate surface area is 148 Å². The number of hydrogen-bond donors (Lipinski definition) is 3. The Kier molecular flexibility index (Phi) is 8.01. The van der Waals surface area contributed by atoms with Crippen LogP contribution in [0.1, 0.15) is 50.5 Å². The van der Waals surface area contributed by atoms with Crippen LogP contribution in [0.3, 0.4) is 0 Å². The maximum absolute atomic E-state index is 11.8. The predicted molar refractivity (Wildman–Crippen MR) is 95.3 cm³/mol. The number of pyridine rings is 1. The molecule has 1 aliphatic rings. The van der Waals surface area contributed by atoms with Crippen molar-refractivity contribution in [3.63, 3.8) is 0 Å². The molecule has 3 N–H and O–H groups in total. The minimum Gasteiger partial charge on any atom is -0.481 e. The molecular formula is C18H28N4O3. The molecule has 0 aromatic carbocycles. The molecule has 0 radical (unpaired) electrons. The van der Waals surface area contributed by atoms with Gasteiger partial charge in [0.15, 0.2) is 0 Å². The van der Waals surface area contributed by atoms with Crippen molar-refractivity contribution in [2.24, 2.45) is 0 Å². The molecule has 1 aromatic rings. The van der Waals surface area contributed by atoms with Crippen LogP contribution < -0.4 is 20.7 Å². The zero-order valence-electron chi connectivity index (χ0n) is 14.8. The largest absolute Gasteiger partial charge is 0.481 e. The Bertz CT molecular complexity index is 542. The Hall–Kier alpha value is -2.31. The minimum absolute atomic E-state index is 0.0368. The van der Waals surface area contributed by atoms with E-state index in [-0.39, 0.29) is 11.9 Å². The van der Waals surface area contributed by atoms with Gasteiger partial charge in [0, 0.05) is 37.8 Å². The van der Waals surface area contributed by atoms with Gasteiger partial charge in [-0.05, 0) is 24.8 Å². The molecule has 1 heterocycles. The van der Waals surface area contributed by atoms with Gasteiger partial charge < -0.3 is 20.7 Å². The summed E-state index contributed by atoms with van der Waals surface area (Å²) in [5, 5.41) is 8.66. The SMILES string of the molecule is COc1ccc(CNC(=O)CCCNC(=O)NC2CCCCC2)cn1. The number of carbonyl (C=O) groups is 2. The van der Waals surface area contributed by atoms with Crippen LogP contribution in [0.15, 0.2) is 18.3 Å². The summed E-state index contributed by atoms with van der Waals surface area (Å²) in [5.41, 5.74) is 0.916. The first-order valence-electron chi connectivity index (χ1n) is 8.97. The first-order valence-corrected chi connectivity index (χ1v) is 8.97. The van der Waals surface area contributed by atoms with Crippen LogP contribution in [0, 0.1) is 0 Å². The lowest BCUT2D eigenvalue weighted by Crippen LogP contribution is -2.43. The van der Waals surface area contributed by atoms with E-state index in [4.69, 9.17) is 4.74 Å². The molecule has 1 saturated carbocycles. The van der Waals surface area contributed by atoms with Crippen molar-refractivity contribution in [1.82, 2.24) is 20.9 Å². The summed E-state index contributed by atoms with van der Waals surface area (Å²) < 4.78 is 4.99. The van der Waals surface area contributed by atoms with Gasteiger partial charge >= 0.3 is 6.03 Å². The van der Waals surface area contributed by atoms with Gasteiger partial charge in [-0.2, -0.15) is 0 Å². The fourth-order valence-electron chi connectivity index (χ4n) is 2.86. The first kappa shape index (κ1) is 19.0. The van der Waals surface area contributed by atoms with Crippen molar-refractivity contribution < 1.29 is 14.3 Å². The molecule has 0 atom stereocenters. The highest BCUT2D eigenvalue weighted by atomic mass is 16.5. The highest BCUT2D eigenvalue weighted by Crippen LogP contribution is 2.17. The molecule has 0 unspecified atom stereocenters. The predicted octanol–water partition coefficient (Wildman–Crippen LogP) is 2.12. The van der Waals surface area contributed by atoms with Gasteiger partial charge in [-0.1, -0.05) is 25.3 Å². The quantitative estimate of drug-likeness (QED) is 0.628. The number of rotatable bonds is 8. The van der Waals surface area contributed by atoms with Gasteiger partial charge in [0.25, 0.3) is 0 Å². The number of ether oxygens (including phenoxy) is 1. The lowest BCUT2D eigenvalue weighted by molar-refractivity contribution is -0.121. The molecule has 25 heavy (non-hydrogen) atoms. The Morgan fingerprint density at radius 2 is 2.00 bits per heavy atom. The van der Waals surface area contributed by atoms with E-state index in [1.54, 1.807) is 19.4 Å². The summed E-state index contributed by atoms with van der Waals surface area (Å²) >= 11 is 0. The molecule has 2 rings (SSSR count). The summed E-state index contributed by atoms with van der Waals surface area (Å²) in [4.78, 5) is 27.7. The molecule has 0 spiro atoms. The summed E-state index contributed by atoms with van der Waals surface area (Å²) in [5.74, 6) is 0.512. The molecule has 0 aliphatic heterocycles. The fraction of sp³-hybridized carbons (Fsp3) is 0.611. The molecule has 3 amide bonds. The van der Waals surface area contributed by atoms with Gasteiger partial charge in [0.2, 0.25) is 11.8 Å². The summed E-state index contributed by atoms with van der Waals surface area (Å²) in [6.07, 6.45) is 8.45. The van der Waals surface area contributed by atoms with Crippen molar-refractivity contribution >= 4 is 11.9 Å². The van der Waals surface area contributed by atoms with Crippen LogP contribution in [-0.2, 0) is 11.3 Å². The highest BCUT2D eigenvalue weighted by Gasteiger charge is 2.15. The van der Waals surface area contributed by atoms with Gasteiger partial charge in [0.05, 0.1) is 7.11 Å². The van der Waals surface area contributed by atoms with Crippen molar-refractivity contribution in [2.45, 2.75) is 57.5 Å². The Morgan fingerprint density at radius 1 is 1.20 bits per heavy atom. The van der Waals surface area contributed by atoms with E-state index < -0.39 is 0 Å². The molecule has 0 bridgehead atoms. The standard InChI is InChI=1S/C18H28N4O3/c1-25-17-10-9-14(13-21-17)12-20-16(23)8-5-11-19-18(24)22-15-6-3-2-4-7-15/h9-10,13,15H,2-8,11-12H2,1H3,(H,20,23)(H2,19,22,24). The molecule has 1 aromatic heterocycles. The molecule has 7 heteroatoms. The lowest BCUT2D eigenvalue weighted by atomic mass is 9.96. The molecule has 7 nitrogen and oxygen atoms in total. The first-order chi connectivity index (χ1) is 12.2. The molecular weight excluding hydrogens is 320 g/mol. The zero-order valence-corrected chi connectivity index (χ0v) is 14.8. The smallest absolute Gasteiger partial charge is 0.315 e. The van der Waals surface area contributed by atoms with Crippen molar-refractivity contribution in [1.29, 1.82) is 0 Å². The van der Waals surface area contributed by atoms with Crippen LogP contribution in [0.4, 0.5) is 4.79 Å². The van der Waals surface area contributed by atoms with E-state index in [1.807, 2.05) is 6.07 Å². The van der Waals surface area contributed by atoms with E-state index in [9.17, 15) is 9.59 Å². The maximum Gasteiger partial charge on any atom is 0.315 e. The van der Waals surface area contributed by atoms with E-state index in [2.05, 4.69) is 20.9 Å². The van der Waals surface area contributed by atoms with E-state index in [0.29, 0.717) is 37.9 Å². The molecule has 138 valence electrons. The van der Waals surface area contributed by atoms with Crippen molar-refractivity contribution in [3.05, 3.63) is 23.9 Å². The van der Waals surface area contributed by atoms with Gasteiger partial charge in [-0.25, -0.2) is 9.78 Å². The third-order valence-electron chi connectivity index (χ3n) is 4.30. The number of nitrogens with one attached hydrogen (secondary N) is 3. The second-order valence-electron chi connectivity index (χ2n) is 6.32. The average Bonchev–Trinajstić information content (AvgIpc) is 2.65. The number of carbonyl (C=O) groups excluding carboxylic acids is 2. The number of hydrogen-bond acceptors (Lipinski definition) is 4. The summed E-state index contributed by atoms with van der Waals surface area (Å²) in [6, 6.07) is 3.80. The van der Waals surface area contributed by atoms with Gasteiger partial charge in [-0.3, -0.25) is 4.79 Å². The highest BCUT2D eigenvalue weighted by molar-refractivity contribution is 5.76. The second kappa shape index (κ2) is 10.5. The monoisotopic (exact) mass is 348 g/mol. The minimum atomic E-state index is -0.128. The number of aromatic nitrogens is 1. The van der Waals surface area contributed by atoms with Gasteiger partial charge in [-0.15, -0.1) is 0 Å². The molecule has 0 saturated heterocycles. The van der Waals surface area contributed by atoms with Crippen molar-refractivity contribution in [3.8, 4) is 5.88 Å². The average molecular weight is 348 g/mol. The fourth-order valence-corrected chi connectivity index (χ4v) is 2.86. The van der Waals surface area contributed by atoms with Gasteiger partial charge in [0.1, 0.15) is 0 Å². The second-order valence-corrected chi connectivity index (χ2v) is 6.32. The zero-order chi connectivity index (χ0) is 17.9. The van der Waals surface area contributed by atoms with Crippen LogP contribution in [0.5, 0.6) is 5.88 Å². The third kappa shape index (κ3) is 7.41. The normalized spacial score (nSPS) is 14.6. The lowest BCUT2D eigenvalue weighted by Gasteiger charge is -2.22.